The normalized spacial score (nSPS) is 13.5. The Balaban J connectivity index is 2.32. The maximum absolute atomic E-state index is 13.4. The minimum absolute atomic E-state index is 0.115. The third-order valence-electron chi connectivity index (χ3n) is 5.94. The number of hydrogen-bond donors (Lipinski definition) is 1. The molecule has 202 valence electrons. The third-order valence-corrected chi connectivity index (χ3v) is 5.94. The molecule has 1 N–H and O–H groups in total. The van der Waals surface area contributed by atoms with Gasteiger partial charge in [0.25, 0.3) is 5.56 Å². The molecule has 0 bridgehead atoms. The number of halogens is 1. The van der Waals surface area contributed by atoms with Crippen LogP contribution in [0.2, 0.25) is 0 Å². The van der Waals surface area contributed by atoms with Crippen molar-refractivity contribution in [1.29, 1.82) is 0 Å². The number of esters is 1. The number of amides is 1. The lowest BCUT2D eigenvalue weighted by Crippen LogP contribution is -2.46. The monoisotopic (exact) mass is 514 g/mol. The van der Waals surface area contributed by atoms with Gasteiger partial charge < -0.3 is 14.6 Å². The molecule has 2 aromatic rings. The molecule has 1 aromatic heterocycles. The molecule has 0 aliphatic heterocycles. The highest BCUT2D eigenvalue weighted by molar-refractivity contribution is 5.94. The van der Waals surface area contributed by atoms with Crippen molar-refractivity contribution < 1.29 is 23.5 Å². The predicted molar refractivity (Wildman–Crippen MR) is 141 cm³/mol. The lowest BCUT2D eigenvalue weighted by atomic mass is 9.84. The van der Waals surface area contributed by atoms with E-state index in [0.717, 1.165) is 11.1 Å². The number of carbonyl (C=O) groups excluding carboxylic acids is 3. The second kappa shape index (κ2) is 12.3. The molecule has 8 heteroatoms. The van der Waals surface area contributed by atoms with Crippen LogP contribution in [-0.4, -0.2) is 40.5 Å². The summed E-state index contributed by atoms with van der Waals surface area (Å²) in [5.74, 6) is -3.17. The van der Waals surface area contributed by atoms with E-state index >= 15 is 0 Å². The number of ketones is 1. The summed E-state index contributed by atoms with van der Waals surface area (Å²) >= 11 is 0. The average molecular weight is 515 g/mol. The summed E-state index contributed by atoms with van der Waals surface area (Å²) in [6.45, 7) is 12.1. The molecule has 0 fully saturated rings. The van der Waals surface area contributed by atoms with Crippen LogP contribution in [0.1, 0.15) is 83.9 Å². The maximum Gasteiger partial charge on any atom is 0.308 e. The van der Waals surface area contributed by atoms with Crippen LogP contribution < -0.4 is 10.9 Å². The molecule has 0 saturated carbocycles. The van der Waals surface area contributed by atoms with Crippen molar-refractivity contribution in [3.8, 4) is 0 Å². The van der Waals surface area contributed by atoms with Gasteiger partial charge in [0.05, 0.1) is 18.9 Å². The standard InChI is InChI=1S/C29H39FN2O5/c1-8-20(26(35)31-23(24(33)17-30)16-25(34)37-29(5,6)7)21-13-11-15-32(27(21)36)18-19-12-9-10-14-22(19)28(2,3)4/h9-15,20,23H,8,16-18H2,1-7H3,(H,31,35). The van der Waals surface area contributed by atoms with E-state index in [1.54, 1.807) is 50.6 Å². The van der Waals surface area contributed by atoms with Crippen LogP contribution in [0.5, 0.6) is 0 Å². The summed E-state index contributed by atoms with van der Waals surface area (Å²) in [6.07, 6.45) is 1.45. The van der Waals surface area contributed by atoms with Crippen molar-refractivity contribution in [2.75, 3.05) is 6.67 Å². The SMILES string of the molecule is CCC(C(=O)NC(CC(=O)OC(C)(C)C)C(=O)CF)c1cccn(Cc2ccccc2C(C)(C)C)c1=O. The number of Topliss-reactive ketones (excluding diaryl/α,β-unsaturated/α-hetero) is 1. The summed E-state index contributed by atoms with van der Waals surface area (Å²) in [5, 5.41) is 2.48. The molecular formula is C29H39FN2O5. The molecule has 0 aliphatic rings. The van der Waals surface area contributed by atoms with Gasteiger partial charge in [0.1, 0.15) is 18.3 Å². The number of rotatable bonds is 10. The highest BCUT2D eigenvalue weighted by Gasteiger charge is 2.30. The zero-order valence-electron chi connectivity index (χ0n) is 22.9. The molecule has 1 amide bonds. The van der Waals surface area contributed by atoms with E-state index < -0.39 is 48.3 Å². The van der Waals surface area contributed by atoms with Crippen LogP contribution in [0.15, 0.2) is 47.4 Å². The van der Waals surface area contributed by atoms with Crippen molar-refractivity contribution in [3.05, 3.63) is 69.6 Å². The van der Waals surface area contributed by atoms with Gasteiger partial charge >= 0.3 is 5.97 Å². The van der Waals surface area contributed by atoms with Gasteiger partial charge in [-0.2, -0.15) is 0 Å². The van der Waals surface area contributed by atoms with Gasteiger partial charge in [-0.25, -0.2) is 4.39 Å². The number of pyridine rings is 1. The quantitative estimate of drug-likeness (QED) is 0.473. The Hall–Kier alpha value is -3.29. The number of benzene rings is 1. The van der Waals surface area contributed by atoms with Gasteiger partial charge in [-0.1, -0.05) is 58.0 Å². The molecule has 2 rings (SSSR count). The Morgan fingerprint density at radius 2 is 1.68 bits per heavy atom. The third kappa shape index (κ3) is 8.37. The molecular weight excluding hydrogens is 475 g/mol. The van der Waals surface area contributed by atoms with E-state index in [9.17, 15) is 23.6 Å². The van der Waals surface area contributed by atoms with Crippen LogP contribution in [0.4, 0.5) is 4.39 Å². The predicted octanol–water partition coefficient (Wildman–Crippen LogP) is 4.44. The zero-order valence-corrected chi connectivity index (χ0v) is 22.9. The number of carbonyl (C=O) groups is 3. The van der Waals surface area contributed by atoms with Crippen molar-refractivity contribution in [2.45, 2.75) is 90.8 Å². The molecule has 1 heterocycles. The van der Waals surface area contributed by atoms with Gasteiger partial charge in [-0.15, -0.1) is 0 Å². The molecule has 37 heavy (non-hydrogen) atoms. The van der Waals surface area contributed by atoms with Gasteiger partial charge in [-0.05, 0) is 49.8 Å². The molecule has 7 nitrogen and oxygen atoms in total. The van der Waals surface area contributed by atoms with Crippen molar-refractivity contribution in [1.82, 2.24) is 9.88 Å². The highest BCUT2D eigenvalue weighted by Crippen LogP contribution is 2.26. The number of alkyl halides is 1. The minimum atomic E-state index is -1.38. The van der Waals surface area contributed by atoms with E-state index in [1.165, 1.54) is 0 Å². The van der Waals surface area contributed by atoms with Crippen LogP contribution in [0.25, 0.3) is 0 Å². The highest BCUT2D eigenvalue weighted by atomic mass is 19.1. The number of nitrogens with zero attached hydrogens (tertiary/aromatic N) is 1. The van der Waals surface area contributed by atoms with Crippen LogP contribution in [0.3, 0.4) is 0 Å². The molecule has 2 unspecified atom stereocenters. The summed E-state index contributed by atoms with van der Waals surface area (Å²) < 4.78 is 20.0. The van der Waals surface area contributed by atoms with Crippen LogP contribution in [-0.2, 0) is 31.1 Å². The fourth-order valence-electron chi connectivity index (χ4n) is 4.23. The van der Waals surface area contributed by atoms with Gasteiger partial charge in [0.2, 0.25) is 5.91 Å². The zero-order chi connectivity index (χ0) is 28.0. The van der Waals surface area contributed by atoms with Crippen LogP contribution >= 0.6 is 0 Å². The second-order valence-corrected chi connectivity index (χ2v) is 11.2. The Kier molecular flexibility index (Phi) is 9.95. The second-order valence-electron chi connectivity index (χ2n) is 11.2. The smallest absolute Gasteiger partial charge is 0.308 e. The number of hydrogen-bond acceptors (Lipinski definition) is 5. The summed E-state index contributed by atoms with van der Waals surface area (Å²) in [7, 11) is 0. The fourth-order valence-corrected chi connectivity index (χ4v) is 4.23. The van der Waals surface area contributed by atoms with Gasteiger partial charge in [-0.3, -0.25) is 19.2 Å². The first kappa shape index (κ1) is 29.9. The first-order chi connectivity index (χ1) is 17.2. The number of aromatic nitrogens is 1. The van der Waals surface area contributed by atoms with E-state index in [-0.39, 0.29) is 23.0 Å². The van der Waals surface area contributed by atoms with Crippen molar-refractivity contribution in [3.63, 3.8) is 0 Å². The number of ether oxygens (including phenoxy) is 1. The molecule has 0 radical (unpaired) electrons. The van der Waals surface area contributed by atoms with Crippen molar-refractivity contribution in [2.24, 2.45) is 0 Å². The van der Waals surface area contributed by atoms with Gasteiger partial charge in [0.15, 0.2) is 5.78 Å². The first-order valence-electron chi connectivity index (χ1n) is 12.6. The Morgan fingerprint density at radius 1 is 1.03 bits per heavy atom. The molecule has 0 saturated heterocycles. The van der Waals surface area contributed by atoms with Crippen LogP contribution in [0, 0.1) is 0 Å². The Morgan fingerprint density at radius 3 is 2.24 bits per heavy atom. The lowest BCUT2D eigenvalue weighted by molar-refractivity contribution is -0.156. The summed E-state index contributed by atoms with van der Waals surface area (Å²) in [5.41, 5.74) is 1.14. The Labute approximate surface area is 218 Å². The first-order valence-corrected chi connectivity index (χ1v) is 12.6. The van der Waals surface area contributed by atoms with Gasteiger partial charge in [0, 0.05) is 11.8 Å². The number of nitrogens with one attached hydrogen (secondary N) is 1. The molecule has 0 spiro atoms. The van der Waals surface area contributed by atoms with E-state index in [2.05, 4.69) is 26.1 Å². The summed E-state index contributed by atoms with van der Waals surface area (Å²) in [6, 6.07) is 9.82. The largest absolute Gasteiger partial charge is 0.460 e. The summed E-state index contributed by atoms with van der Waals surface area (Å²) in [4.78, 5) is 51.0. The van der Waals surface area contributed by atoms with E-state index in [1.807, 2.05) is 24.3 Å². The lowest BCUT2D eigenvalue weighted by Gasteiger charge is -2.24. The molecule has 2 atom stereocenters. The van der Waals surface area contributed by atoms with Crippen molar-refractivity contribution >= 4 is 17.7 Å². The average Bonchev–Trinajstić information content (AvgIpc) is 2.79. The minimum Gasteiger partial charge on any atom is -0.460 e. The molecule has 1 aromatic carbocycles. The van der Waals surface area contributed by atoms with E-state index in [4.69, 9.17) is 4.74 Å². The fraction of sp³-hybridized carbons (Fsp3) is 0.517. The van der Waals surface area contributed by atoms with E-state index in [0.29, 0.717) is 6.54 Å². The maximum atomic E-state index is 13.4. The topological polar surface area (TPSA) is 94.5 Å². The Bertz CT molecular complexity index is 1170. The molecule has 0 aliphatic carbocycles.